The van der Waals surface area contributed by atoms with E-state index in [1.807, 2.05) is 12.1 Å². The molecule has 92 valence electrons. The molecule has 2 heteroatoms. The average Bonchev–Trinajstić information content (AvgIpc) is 2.38. The first-order valence-corrected chi connectivity index (χ1v) is 6.29. The van der Waals surface area contributed by atoms with Gasteiger partial charge in [-0.3, -0.25) is 0 Å². The van der Waals surface area contributed by atoms with Gasteiger partial charge >= 0.3 is 0 Å². The molecule has 0 unspecified atom stereocenters. The predicted octanol–water partition coefficient (Wildman–Crippen LogP) is 3.48. The van der Waals surface area contributed by atoms with E-state index in [0.717, 1.165) is 25.1 Å². The number of halogens is 1. The molecule has 0 radical (unpaired) electrons. The zero-order valence-electron chi connectivity index (χ0n) is 10.5. The number of nitrogens with zero attached hydrogens (tertiary/aromatic N) is 1. The highest BCUT2D eigenvalue weighted by atomic mass is 19.1. The Bertz CT molecular complexity index is 560. The Kier molecular flexibility index (Phi) is 2.88. The number of hydrogen-bond donors (Lipinski definition) is 0. The highest BCUT2D eigenvalue weighted by Gasteiger charge is 2.13. The van der Waals surface area contributed by atoms with Crippen molar-refractivity contribution in [1.29, 1.82) is 0 Å². The van der Waals surface area contributed by atoms with E-state index in [9.17, 15) is 4.39 Å². The molecule has 0 saturated heterocycles. The first-order chi connectivity index (χ1) is 8.72. The van der Waals surface area contributed by atoms with Crippen LogP contribution in [-0.4, -0.2) is 18.5 Å². The zero-order valence-corrected chi connectivity index (χ0v) is 10.5. The molecule has 0 amide bonds. The lowest BCUT2D eigenvalue weighted by Crippen LogP contribution is -2.26. The molecular weight excluding hydrogens is 225 g/mol. The van der Waals surface area contributed by atoms with E-state index in [1.165, 1.54) is 28.8 Å². The molecular formula is C16H16FN. The molecule has 0 aromatic heterocycles. The topological polar surface area (TPSA) is 3.24 Å². The number of fused-ring (bicyclic) bond motifs is 1. The van der Waals surface area contributed by atoms with E-state index in [2.05, 4.69) is 30.1 Å². The van der Waals surface area contributed by atoms with Crippen LogP contribution in [0.2, 0.25) is 0 Å². The molecule has 2 aromatic rings. The van der Waals surface area contributed by atoms with Crippen molar-refractivity contribution in [3.8, 4) is 11.1 Å². The van der Waals surface area contributed by atoms with Crippen LogP contribution >= 0.6 is 0 Å². The van der Waals surface area contributed by atoms with Gasteiger partial charge in [-0.1, -0.05) is 24.3 Å². The largest absolute Gasteiger partial charge is 0.302 e. The summed E-state index contributed by atoms with van der Waals surface area (Å²) in [5.41, 5.74) is 5.08. The number of benzene rings is 2. The highest BCUT2D eigenvalue weighted by Crippen LogP contribution is 2.26. The van der Waals surface area contributed by atoms with Crippen LogP contribution in [0.3, 0.4) is 0 Å². The lowest BCUT2D eigenvalue weighted by atomic mass is 9.95. The van der Waals surface area contributed by atoms with E-state index >= 15 is 0 Å². The molecule has 0 N–H and O–H groups in total. The van der Waals surface area contributed by atoms with Gasteiger partial charge in [0.2, 0.25) is 0 Å². The average molecular weight is 241 g/mol. The Labute approximate surface area is 107 Å². The smallest absolute Gasteiger partial charge is 0.123 e. The fourth-order valence-electron chi connectivity index (χ4n) is 2.52. The minimum atomic E-state index is -0.184. The molecule has 18 heavy (non-hydrogen) atoms. The third-order valence-corrected chi connectivity index (χ3v) is 3.59. The van der Waals surface area contributed by atoms with Crippen molar-refractivity contribution in [2.45, 2.75) is 13.0 Å². The van der Waals surface area contributed by atoms with Gasteiger partial charge in [0, 0.05) is 13.1 Å². The van der Waals surface area contributed by atoms with Gasteiger partial charge in [-0.05, 0) is 53.9 Å². The van der Waals surface area contributed by atoms with Gasteiger partial charge in [-0.15, -0.1) is 0 Å². The molecule has 1 aliphatic heterocycles. The van der Waals surface area contributed by atoms with Gasteiger partial charge in [0.25, 0.3) is 0 Å². The van der Waals surface area contributed by atoms with Crippen molar-refractivity contribution in [1.82, 2.24) is 4.90 Å². The summed E-state index contributed by atoms with van der Waals surface area (Å²) in [7, 11) is 2.15. The van der Waals surface area contributed by atoms with E-state index in [-0.39, 0.29) is 5.82 Å². The second-order valence-corrected chi connectivity index (χ2v) is 4.98. The second-order valence-electron chi connectivity index (χ2n) is 4.98. The summed E-state index contributed by atoms with van der Waals surface area (Å²) in [4.78, 5) is 2.33. The summed E-state index contributed by atoms with van der Waals surface area (Å²) in [6.45, 7) is 2.13. The lowest BCUT2D eigenvalue weighted by molar-refractivity contribution is 0.313. The molecule has 1 nitrogen and oxygen atoms in total. The summed E-state index contributed by atoms with van der Waals surface area (Å²) < 4.78 is 12.9. The van der Waals surface area contributed by atoms with Crippen molar-refractivity contribution in [3.05, 3.63) is 59.4 Å². The third kappa shape index (κ3) is 2.16. The Hall–Kier alpha value is -1.67. The van der Waals surface area contributed by atoms with Crippen LogP contribution in [0.25, 0.3) is 11.1 Å². The van der Waals surface area contributed by atoms with Crippen LogP contribution in [0.4, 0.5) is 4.39 Å². The standard InChI is InChI=1S/C16H16FN/c1-18-9-8-13-2-3-14(10-15(13)11-18)12-4-6-16(17)7-5-12/h2-7,10H,8-9,11H2,1H3. The highest BCUT2D eigenvalue weighted by molar-refractivity contribution is 5.65. The van der Waals surface area contributed by atoms with Gasteiger partial charge in [-0.25, -0.2) is 4.39 Å². The molecule has 1 heterocycles. The van der Waals surface area contributed by atoms with Gasteiger partial charge in [0.15, 0.2) is 0 Å². The lowest BCUT2D eigenvalue weighted by Gasteiger charge is -2.25. The fraction of sp³-hybridized carbons (Fsp3) is 0.250. The number of rotatable bonds is 1. The number of hydrogen-bond acceptors (Lipinski definition) is 1. The monoisotopic (exact) mass is 241 g/mol. The van der Waals surface area contributed by atoms with Crippen molar-refractivity contribution in [2.75, 3.05) is 13.6 Å². The molecule has 0 saturated carbocycles. The van der Waals surface area contributed by atoms with Crippen LogP contribution in [0.15, 0.2) is 42.5 Å². The van der Waals surface area contributed by atoms with Crippen LogP contribution in [-0.2, 0) is 13.0 Å². The minimum absolute atomic E-state index is 0.184. The SMILES string of the molecule is CN1CCc2ccc(-c3ccc(F)cc3)cc2C1. The number of likely N-dealkylation sites (N-methyl/N-ethyl adjacent to an activating group) is 1. The molecule has 3 rings (SSSR count). The summed E-state index contributed by atoms with van der Waals surface area (Å²) >= 11 is 0. The van der Waals surface area contributed by atoms with Crippen LogP contribution in [0.1, 0.15) is 11.1 Å². The quantitative estimate of drug-likeness (QED) is 0.739. The molecule has 0 spiro atoms. The Morgan fingerprint density at radius 3 is 2.44 bits per heavy atom. The first kappa shape index (κ1) is 11.4. The van der Waals surface area contributed by atoms with Crippen molar-refractivity contribution in [3.63, 3.8) is 0 Å². The normalized spacial score (nSPS) is 15.4. The maximum absolute atomic E-state index is 12.9. The molecule has 0 aliphatic carbocycles. The maximum atomic E-state index is 12.9. The summed E-state index contributed by atoms with van der Waals surface area (Å²) in [6.07, 6.45) is 1.12. The molecule has 0 bridgehead atoms. The van der Waals surface area contributed by atoms with E-state index in [1.54, 1.807) is 0 Å². The van der Waals surface area contributed by atoms with E-state index in [0.29, 0.717) is 0 Å². The Morgan fingerprint density at radius 1 is 0.944 bits per heavy atom. The van der Waals surface area contributed by atoms with Crippen LogP contribution in [0.5, 0.6) is 0 Å². The summed E-state index contributed by atoms with van der Waals surface area (Å²) in [5.74, 6) is -0.184. The molecule has 1 aliphatic rings. The summed E-state index contributed by atoms with van der Waals surface area (Å²) in [5, 5.41) is 0. The van der Waals surface area contributed by atoms with E-state index < -0.39 is 0 Å². The van der Waals surface area contributed by atoms with Gasteiger partial charge in [-0.2, -0.15) is 0 Å². The summed E-state index contributed by atoms with van der Waals surface area (Å²) in [6, 6.07) is 13.3. The minimum Gasteiger partial charge on any atom is -0.302 e. The molecule has 2 aromatic carbocycles. The van der Waals surface area contributed by atoms with Gasteiger partial charge in [0.05, 0.1) is 0 Å². The van der Waals surface area contributed by atoms with Crippen molar-refractivity contribution in [2.24, 2.45) is 0 Å². The molecule has 0 atom stereocenters. The van der Waals surface area contributed by atoms with Crippen molar-refractivity contribution < 1.29 is 4.39 Å². The van der Waals surface area contributed by atoms with Crippen LogP contribution in [0, 0.1) is 5.82 Å². The Morgan fingerprint density at radius 2 is 1.67 bits per heavy atom. The van der Waals surface area contributed by atoms with E-state index in [4.69, 9.17) is 0 Å². The maximum Gasteiger partial charge on any atom is 0.123 e. The second kappa shape index (κ2) is 4.54. The van der Waals surface area contributed by atoms with Crippen LogP contribution < -0.4 is 0 Å². The van der Waals surface area contributed by atoms with Gasteiger partial charge in [0.1, 0.15) is 5.82 Å². The zero-order chi connectivity index (χ0) is 12.5. The Balaban J connectivity index is 1.99. The predicted molar refractivity (Wildman–Crippen MR) is 71.9 cm³/mol. The third-order valence-electron chi connectivity index (χ3n) is 3.59. The first-order valence-electron chi connectivity index (χ1n) is 6.29. The van der Waals surface area contributed by atoms with Gasteiger partial charge < -0.3 is 4.90 Å². The fourth-order valence-corrected chi connectivity index (χ4v) is 2.52. The molecule has 0 fully saturated rings. The van der Waals surface area contributed by atoms with Crippen molar-refractivity contribution >= 4 is 0 Å².